The maximum absolute atomic E-state index is 11.5. The van der Waals surface area contributed by atoms with Crippen molar-refractivity contribution in [3.63, 3.8) is 0 Å². The van der Waals surface area contributed by atoms with Crippen LogP contribution < -0.4 is 9.47 Å². The molecule has 1 atom stereocenters. The Bertz CT molecular complexity index is 949. The van der Waals surface area contributed by atoms with Gasteiger partial charge in [0.2, 0.25) is 0 Å². The number of benzene rings is 1. The SMILES string of the molecule is CSc1nc(Oc2cc(Br)cc(C#N)c2)c([N+](=O)[O-])c(OC(C)C(=O)O)n1. The first-order valence-corrected chi connectivity index (χ1v) is 9.15. The topological polar surface area (TPSA) is 148 Å². The molecule has 10 nitrogen and oxygen atoms in total. The molecule has 1 aromatic carbocycles. The molecule has 0 bridgehead atoms. The number of halogens is 1. The van der Waals surface area contributed by atoms with Gasteiger partial charge in [0.25, 0.3) is 0 Å². The summed E-state index contributed by atoms with van der Waals surface area (Å²) in [7, 11) is 0. The monoisotopic (exact) mass is 454 g/mol. The Morgan fingerprint density at radius 3 is 2.63 bits per heavy atom. The highest BCUT2D eigenvalue weighted by Gasteiger charge is 2.31. The Morgan fingerprint density at radius 1 is 1.41 bits per heavy atom. The predicted octanol–water partition coefficient (Wildman–Crippen LogP) is 3.39. The summed E-state index contributed by atoms with van der Waals surface area (Å²) in [6, 6.07) is 6.34. The summed E-state index contributed by atoms with van der Waals surface area (Å²) in [5, 5.41) is 29.6. The summed E-state index contributed by atoms with van der Waals surface area (Å²) in [6.45, 7) is 1.21. The van der Waals surface area contributed by atoms with Crippen LogP contribution in [-0.4, -0.2) is 38.3 Å². The molecule has 1 heterocycles. The van der Waals surface area contributed by atoms with Crippen LogP contribution in [0.3, 0.4) is 0 Å². The highest BCUT2D eigenvalue weighted by atomic mass is 79.9. The van der Waals surface area contributed by atoms with Crippen molar-refractivity contribution in [1.29, 1.82) is 5.26 Å². The number of rotatable bonds is 7. The van der Waals surface area contributed by atoms with Gasteiger partial charge in [-0.15, -0.1) is 0 Å². The molecule has 0 amide bonds. The van der Waals surface area contributed by atoms with Crippen molar-refractivity contribution in [2.45, 2.75) is 18.2 Å². The molecule has 2 rings (SSSR count). The van der Waals surface area contributed by atoms with Crippen LogP contribution in [-0.2, 0) is 4.79 Å². The summed E-state index contributed by atoms with van der Waals surface area (Å²) < 4.78 is 11.1. The van der Waals surface area contributed by atoms with Crippen molar-refractivity contribution in [3.8, 4) is 23.6 Å². The van der Waals surface area contributed by atoms with Gasteiger partial charge in [-0.2, -0.15) is 15.2 Å². The standard InChI is InChI=1S/C15H11BrN4O6S/c1-7(14(21)22)25-12-11(20(23)24)13(19-15(18-12)27-2)26-10-4-8(6-17)3-9(16)5-10/h3-5,7H,1-2H3,(H,21,22). The maximum Gasteiger partial charge on any atom is 0.392 e. The molecular formula is C15H11BrN4O6S. The predicted molar refractivity (Wildman–Crippen MR) is 97.1 cm³/mol. The number of hydrogen-bond donors (Lipinski definition) is 1. The van der Waals surface area contributed by atoms with E-state index in [9.17, 15) is 14.9 Å². The van der Waals surface area contributed by atoms with Crippen LogP contribution in [0, 0.1) is 21.4 Å². The zero-order valence-corrected chi connectivity index (χ0v) is 16.3. The fourth-order valence-electron chi connectivity index (χ4n) is 1.81. The van der Waals surface area contributed by atoms with Crippen LogP contribution >= 0.6 is 27.7 Å². The van der Waals surface area contributed by atoms with Gasteiger partial charge in [0.1, 0.15) is 5.75 Å². The number of aliphatic carboxylic acids is 1. The van der Waals surface area contributed by atoms with Gasteiger partial charge >= 0.3 is 23.4 Å². The smallest absolute Gasteiger partial charge is 0.392 e. The molecular weight excluding hydrogens is 444 g/mol. The first-order valence-electron chi connectivity index (χ1n) is 7.13. The number of nitriles is 1. The van der Waals surface area contributed by atoms with Gasteiger partial charge in [0.05, 0.1) is 16.6 Å². The Morgan fingerprint density at radius 2 is 2.07 bits per heavy atom. The molecule has 0 aliphatic rings. The van der Waals surface area contributed by atoms with Crippen LogP contribution in [0.2, 0.25) is 0 Å². The van der Waals surface area contributed by atoms with Gasteiger partial charge in [-0.25, -0.2) is 4.79 Å². The van der Waals surface area contributed by atoms with Crippen molar-refractivity contribution in [3.05, 3.63) is 38.3 Å². The van der Waals surface area contributed by atoms with E-state index in [-0.39, 0.29) is 16.5 Å². The number of thioether (sulfide) groups is 1. The zero-order valence-electron chi connectivity index (χ0n) is 13.9. The third kappa shape index (κ3) is 5.05. The van der Waals surface area contributed by atoms with E-state index < -0.39 is 34.4 Å². The Labute approximate surface area is 165 Å². The van der Waals surface area contributed by atoms with Gasteiger partial charge in [0, 0.05) is 4.47 Å². The lowest BCUT2D eigenvalue weighted by Gasteiger charge is -2.13. The van der Waals surface area contributed by atoms with E-state index in [2.05, 4.69) is 25.9 Å². The number of nitrogens with zero attached hydrogens (tertiary/aromatic N) is 4. The van der Waals surface area contributed by atoms with Crippen LogP contribution in [0.5, 0.6) is 17.5 Å². The molecule has 140 valence electrons. The van der Waals surface area contributed by atoms with Crippen LogP contribution in [0.15, 0.2) is 27.8 Å². The molecule has 0 spiro atoms. The Hall–Kier alpha value is -2.91. The van der Waals surface area contributed by atoms with Gasteiger partial charge in [-0.1, -0.05) is 27.7 Å². The molecule has 1 unspecified atom stereocenters. The van der Waals surface area contributed by atoms with Crippen molar-refractivity contribution in [1.82, 2.24) is 9.97 Å². The fraction of sp³-hybridized carbons (Fsp3) is 0.200. The fourth-order valence-corrected chi connectivity index (χ4v) is 2.63. The molecule has 1 aromatic heterocycles. The summed E-state index contributed by atoms with van der Waals surface area (Å²) in [5.41, 5.74) is -0.462. The molecule has 0 saturated carbocycles. The van der Waals surface area contributed by atoms with Crippen LogP contribution in [0.4, 0.5) is 5.69 Å². The molecule has 2 aromatic rings. The number of nitro groups is 1. The van der Waals surface area contributed by atoms with E-state index in [1.54, 1.807) is 6.26 Å². The lowest BCUT2D eigenvalue weighted by Crippen LogP contribution is -2.24. The largest absolute Gasteiger partial charge is 0.479 e. The van der Waals surface area contributed by atoms with E-state index in [0.717, 1.165) is 11.8 Å². The zero-order chi connectivity index (χ0) is 20.1. The van der Waals surface area contributed by atoms with Gasteiger partial charge < -0.3 is 14.6 Å². The van der Waals surface area contributed by atoms with E-state index in [0.29, 0.717) is 4.47 Å². The molecule has 12 heteroatoms. The van der Waals surface area contributed by atoms with Crippen molar-refractivity contribution < 1.29 is 24.3 Å². The third-order valence-electron chi connectivity index (χ3n) is 3.02. The second-order valence-electron chi connectivity index (χ2n) is 4.91. The molecule has 0 aliphatic carbocycles. The van der Waals surface area contributed by atoms with E-state index in [1.165, 1.54) is 25.1 Å². The summed E-state index contributed by atoms with van der Waals surface area (Å²) in [4.78, 5) is 29.5. The second kappa shape index (κ2) is 8.65. The maximum atomic E-state index is 11.5. The molecule has 0 radical (unpaired) electrons. The number of carboxylic acids is 1. The Kier molecular flexibility index (Phi) is 6.54. The minimum absolute atomic E-state index is 0.0821. The lowest BCUT2D eigenvalue weighted by atomic mass is 10.2. The van der Waals surface area contributed by atoms with E-state index in [1.807, 2.05) is 6.07 Å². The minimum atomic E-state index is -1.38. The normalized spacial score (nSPS) is 11.3. The summed E-state index contributed by atoms with van der Waals surface area (Å²) in [5.74, 6) is -2.16. The number of carboxylic acid groups (broad SMARTS) is 1. The molecule has 27 heavy (non-hydrogen) atoms. The van der Waals surface area contributed by atoms with Gasteiger partial charge in [-0.05, 0) is 31.4 Å². The molecule has 0 aliphatic heterocycles. The highest BCUT2D eigenvalue weighted by molar-refractivity contribution is 9.10. The average Bonchev–Trinajstić information content (AvgIpc) is 2.60. The lowest BCUT2D eigenvalue weighted by molar-refractivity contribution is -0.387. The first-order chi connectivity index (χ1) is 12.7. The third-order valence-corrected chi connectivity index (χ3v) is 4.02. The van der Waals surface area contributed by atoms with E-state index >= 15 is 0 Å². The van der Waals surface area contributed by atoms with Crippen LogP contribution in [0.1, 0.15) is 12.5 Å². The molecule has 1 N–H and O–H groups in total. The number of hydrogen-bond acceptors (Lipinski definition) is 9. The number of carbonyl (C=O) groups is 1. The molecule has 0 fully saturated rings. The number of aromatic nitrogens is 2. The Balaban J connectivity index is 2.57. The summed E-state index contributed by atoms with van der Waals surface area (Å²) >= 11 is 4.27. The quantitative estimate of drug-likeness (QED) is 0.285. The highest BCUT2D eigenvalue weighted by Crippen LogP contribution is 2.38. The number of ether oxygens (including phenoxy) is 2. The average molecular weight is 455 g/mol. The van der Waals surface area contributed by atoms with Gasteiger partial charge in [0.15, 0.2) is 11.3 Å². The minimum Gasteiger partial charge on any atom is -0.479 e. The van der Waals surface area contributed by atoms with Crippen molar-refractivity contribution in [2.24, 2.45) is 0 Å². The van der Waals surface area contributed by atoms with Crippen molar-refractivity contribution >= 4 is 39.3 Å². The van der Waals surface area contributed by atoms with Crippen LogP contribution in [0.25, 0.3) is 0 Å². The van der Waals surface area contributed by atoms with Gasteiger partial charge in [-0.3, -0.25) is 10.1 Å². The second-order valence-corrected chi connectivity index (χ2v) is 6.60. The van der Waals surface area contributed by atoms with E-state index in [4.69, 9.17) is 19.8 Å². The summed E-state index contributed by atoms with van der Waals surface area (Å²) in [6.07, 6.45) is 0.250. The van der Waals surface area contributed by atoms with Crippen molar-refractivity contribution in [2.75, 3.05) is 6.26 Å². The first kappa shape index (κ1) is 20.4. The molecule has 0 saturated heterocycles.